The number of benzene rings is 1. The molecule has 1 rings (SSSR count). The number of nitrogens with one attached hydrogen (secondary N) is 2. The van der Waals surface area contributed by atoms with E-state index in [1.165, 1.54) is 6.07 Å². The molecule has 120 valence electrons. The molecule has 0 atom stereocenters. The Morgan fingerprint density at radius 3 is 2.36 bits per heavy atom. The summed E-state index contributed by atoms with van der Waals surface area (Å²) in [4.78, 5) is 34.3. The van der Waals surface area contributed by atoms with Crippen molar-refractivity contribution in [3.8, 4) is 0 Å². The summed E-state index contributed by atoms with van der Waals surface area (Å²) in [5, 5.41) is 14.4. The molecule has 0 radical (unpaired) electrons. The first-order valence-corrected chi connectivity index (χ1v) is 7.22. The van der Waals surface area contributed by atoms with Crippen molar-refractivity contribution in [1.29, 1.82) is 0 Å². The third kappa shape index (κ3) is 5.95. The second-order valence-electron chi connectivity index (χ2n) is 5.46. The van der Waals surface area contributed by atoms with Gasteiger partial charge in [-0.3, -0.25) is 9.59 Å². The maximum atomic E-state index is 11.8. The zero-order valence-electron chi connectivity index (χ0n) is 13.1. The summed E-state index contributed by atoms with van der Waals surface area (Å²) >= 11 is 0. The fourth-order valence-electron chi connectivity index (χ4n) is 1.96. The van der Waals surface area contributed by atoms with Gasteiger partial charge in [0.2, 0.25) is 11.8 Å². The summed E-state index contributed by atoms with van der Waals surface area (Å²) in [6, 6.07) is 4.82. The number of anilines is 1. The normalized spacial score (nSPS) is 10.4. The van der Waals surface area contributed by atoms with Gasteiger partial charge in [0.1, 0.15) is 0 Å². The van der Waals surface area contributed by atoms with Crippen LogP contribution >= 0.6 is 0 Å². The number of carbonyl (C=O) groups is 3. The van der Waals surface area contributed by atoms with Crippen molar-refractivity contribution in [3.05, 3.63) is 29.3 Å². The van der Waals surface area contributed by atoms with Crippen molar-refractivity contribution in [2.75, 3.05) is 5.32 Å². The molecule has 0 bridgehead atoms. The van der Waals surface area contributed by atoms with Crippen LogP contribution in [0.5, 0.6) is 0 Å². The van der Waals surface area contributed by atoms with E-state index in [-0.39, 0.29) is 29.8 Å². The summed E-state index contributed by atoms with van der Waals surface area (Å²) in [6.07, 6.45) is 0.948. The molecule has 0 fully saturated rings. The number of carboxylic acid groups (broad SMARTS) is 1. The molecular formula is C16H22N2O4. The lowest BCUT2D eigenvalue weighted by Gasteiger charge is -2.09. The van der Waals surface area contributed by atoms with Gasteiger partial charge in [0.15, 0.2) is 0 Å². The highest BCUT2D eigenvalue weighted by Gasteiger charge is 2.10. The van der Waals surface area contributed by atoms with Crippen LogP contribution in [0, 0.1) is 6.92 Å². The number of hydrogen-bond acceptors (Lipinski definition) is 3. The molecule has 0 saturated carbocycles. The smallest absolute Gasteiger partial charge is 0.336 e. The minimum atomic E-state index is -1.03. The standard InChI is InChI=1S/C16H22N2O4/c1-10(2)17-14(19)5-4-6-15(20)18-12-8-7-11(3)13(9-12)16(21)22/h7-10H,4-6H2,1-3H3,(H,17,19)(H,18,20)(H,21,22). The van der Waals surface area contributed by atoms with E-state index >= 15 is 0 Å². The Bertz CT molecular complexity index is 567. The first-order chi connectivity index (χ1) is 10.3. The molecule has 6 nitrogen and oxygen atoms in total. The average molecular weight is 306 g/mol. The Balaban J connectivity index is 2.47. The van der Waals surface area contributed by atoms with E-state index in [9.17, 15) is 14.4 Å². The Morgan fingerprint density at radius 2 is 1.77 bits per heavy atom. The molecule has 0 aromatic heterocycles. The van der Waals surface area contributed by atoms with E-state index in [0.717, 1.165) is 0 Å². The maximum Gasteiger partial charge on any atom is 0.336 e. The number of aromatic carboxylic acids is 1. The van der Waals surface area contributed by atoms with Gasteiger partial charge in [-0.15, -0.1) is 0 Å². The molecule has 22 heavy (non-hydrogen) atoms. The van der Waals surface area contributed by atoms with Gasteiger partial charge in [-0.05, 0) is 44.9 Å². The summed E-state index contributed by atoms with van der Waals surface area (Å²) in [5.41, 5.74) is 1.24. The van der Waals surface area contributed by atoms with Crippen LogP contribution in [0.4, 0.5) is 5.69 Å². The zero-order chi connectivity index (χ0) is 16.7. The van der Waals surface area contributed by atoms with Crippen LogP contribution in [0.25, 0.3) is 0 Å². The van der Waals surface area contributed by atoms with Crippen molar-refractivity contribution >= 4 is 23.5 Å². The van der Waals surface area contributed by atoms with Crippen LogP contribution in [0.2, 0.25) is 0 Å². The molecule has 0 heterocycles. The summed E-state index contributed by atoms with van der Waals surface area (Å²) in [5.74, 6) is -1.34. The molecule has 2 amide bonds. The van der Waals surface area contributed by atoms with E-state index in [1.54, 1.807) is 19.1 Å². The van der Waals surface area contributed by atoms with Gasteiger partial charge in [-0.1, -0.05) is 6.07 Å². The molecule has 0 aliphatic heterocycles. The predicted molar refractivity (Wildman–Crippen MR) is 83.9 cm³/mol. The van der Waals surface area contributed by atoms with Crippen molar-refractivity contribution in [1.82, 2.24) is 5.32 Å². The largest absolute Gasteiger partial charge is 0.478 e. The highest BCUT2D eigenvalue weighted by atomic mass is 16.4. The fraction of sp³-hybridized carbons (Fsp3) is 0.438. The molecule has 1 aromatic carbocycles. The minimum absolute atomic E-state index is 0.0775. The van der Waals surface area contributed by atoms with Crippen molar-refractivity contribution < 1.29 is 19.5 Å². The lowest BCUT2D eigenvalue weighted by molar-refractivity contribution is -0.121. The number of carboxylic acids is 1. The van der Waals surface area contributed by atoms with Gasteiger partial charge < -0.3 is 15.7 Å². The Morgan fingerprint density at radius 1 is 1.14 bits per heavy atom. The second-order valence-corrected chi connectivity index (χ2v) is 5.46. The second kappa shape index (κ2) is 8.17. The van der Waals surface area contributed by atoms with Crippen molar-refractivity contribution in [2.24, 2.45) is 0 Å². The Labute approximate surface area is 129 Å². The van der Waals surface area contributed by atoms with Crippen molar-refractivity contribution in [3.63, 3.8) is 0 Å². The average Bonchev–Trinajstić information content (AvgIpc) is 2.39. The fourth-order valence-corrected chi connectivity index (χ4v) is 1.96. The van der Waals surface area contributed by atoms with Crippen molar-refractivity contribution in [2.45, 2.75) is 46.1 Å². The number of carbonyl (C=O) groups excluding carboxylic acids is 2. The van der Waals surface area contributed by atoms with E-state index in [2.05, 4.69) is 10.6 Å². The van der Waals surface area contributed by atoms with Crippen LogP contribution in [0.1, 0.15) is 49.0 Å². The first-order valence-electron chi connectivity index (χ1n) is 7.22. The third-order valence-corrected chi connectivity index (χ3v) is 3.01. The highest BCUT2D eigenvalue weighted by Crippen LogP contribution is 2.16. The minimum Gasteiger partial charge on any atom is -0.478 e. The van der Waals surface area contributed by atoms with E-state index in [0.29, 0.717) is 24.1 Å². The molecule has 6 heteroatoms. The van der Waals surface area contributed by atoms with Gasteiger partial charge >= 0.3 is 5.97 Å². The highest BCUT2D eigenvalue weighted by molar-refractivity contribution is 5.94. The van der Waals surface area contributed by atoms with Gasteiger partial charge in [-0.25, -0.2) is 4.79 Å². The van der Waals surface area contributed by atoms with E-state index in [1.807, 2.05) is 13.8 Å². The zero-order valence-corrected chi connectivity index (χ0v) is 13.1. The molecule has 0 unspecified atom stereocenters. The van der Waals surface area contributed by atoms with Gasteiger partial charge in [0.05, 0.1) is 5.56 Å². The number of aryl methyl sites for hydroxylation is 1. The van der Waals surface area contributed by atoms with Crippen LogP contribution < -0.4 is 10.6 Å². The van der Waals surface area contributed by atoms with Crippen LogP contribution in [0.3, 0.4) is 0 Å². The topological polar surface area (TPSA) is 95.5 Å². The molecule has 0 aliphatic rings. The molecular weight excluding hydrogens is 284 g/mol. The maximum absolute atomic E-state index is 11.8. The van der Waals surface area contributed by atoms with Crippen LogP contribution in [-0.2, 0) is 9.59 Å². The first kappa shape index (κ1) is 17.7. The molecule has 0 aliphatic carbocycles. The number of amides is 2. The summed E-state index contributed by atoms with van der Waals surface area (Å²) < 4.78 is 0. The lowest BCUT2D eigenvalue weighted by Crippen LogP contribution is -2.30. The SMILES string of the molecule is Cc1ccc(NC(=O)CCCC(=O)NC(C)C)cc1C(=O)O. The molecule has 0 saturated heterocycles. The quantitative estimate of drug-likeness (QED) is 0.720. The van der Waals surface area contributed by atoms with E-state index < -0.39 is 5.97 Å². The molecule has 0 spiro atoms. The molecule has 3 N–H and O–H groups in total. The summed E-state index contributed by atoms with van der Waals surface area (Å²) in [6.45, 7) is 5.45. The van der Waals surface area contributed by atoms with Gasteiger partial charge in [-0.2, -0.15) is 0 Å². The third-order valence-electron chi connectivity index (χ3n) is 3.01. The summed E-state index contributed by atoms with van der Waals surface area (Å²) in [7, 11) is 0. The number of rotatable bonds is 7. The van der Waals surface area contributed by atoms with Gasteiger partial charge in [0, 0.05) is 24.6 Å². The monoisotopic (exact) mass is 306 g/mol. The molecule has 1 aromatic rings. The Hall–Kier alpha value is -2.37. The van der Waals surface area contributed by atoms with E-state index in [4.69, 9.17) is 5.11 Å². The lowest BCUT2D eigenvalue weighted by atomic mass is 10.1. The predicted octanol–water partition coefficient (Wildman–Crippen LogP) is 2.33. The van der Waals surface area contributed by atoms with Crippen LogP contribution in [-0.4, -0.2) is 28.9 Å². The van der Waals surface area contributed by atoms with Gasteiger partial charge in [0.25, 0.3) is 0 Å². The van der Waals surface area contributed by atoms with Crippen LogP contribution in [0.15, 0.2) is 18.2 Å². The Kier molecular flexibility index (Phi) is 6.56. The number of hydrogen-bond donors (Lipinski definition) is 3.